The van der Waals surface area contributed by atoms with Gasteiger partial charge in [0.15, 0.2) is 0 Å². The molecular formula is C24H21F3N2O3S. The number of hydrogen-bond acceptors (Lipinski definition) is 6. The minimum absolute atomic E-state index is 0.0941. The SMILES string of the molecule is Cc1cc(O)c(C2=Nc3cc(C(F)(F)F)ccc3SC(c3ccc(N(C)C)cc3)C2)c(=O)o1. The van der Waals surface area contributed by atoms with Gasteiger partial charge in [0.1, 0.15) is 17.1 Å². The van der Waals surface area contributed by atoms with E-state index in [4.69, 9.17) is 4.42 Å². The number of anilines is 1. The van der Waals surface area contributed by atoms with E-state index in [9.17, 15) is 23.1 Å². The summed E-state index contributed by atoms with van der Waals surface area (Å²) in [6.45, 7) is 1.52. The molecule has 0 radical (unpaired) electrons. The summed E-state index contributed by atoms with van der Waals surface area (Å²) in [6.07, 6.45) is -4.32. The van der Waals surface area contributed by atoms with Gasteiger partial charge in [-0.1, -0.05) is 12.1 Å². The predicted molar refractivity (Wildman–Crippen MR) is 123 cm³/mol. The van der Waals surface area contributed by atoms with Gasteiger partial charge >= 0.3 is 11.8 Å². The quantitative estimate of drug-likeness (QED) is 0.497. The summed E-state index contributed by atoms with van der Waals surface area (Å²) in [7, 11) is 3.85. The van der Waals surface area contributed by atoms with Crippen molar-refractivity contribution in [2.24, 2.45) is 4.99 Å². The normalized spacial score (nSPS) is 16.1. The average Bonchev–Trinajstić information content (AvgIpc) is 2.91. The zero-order valence-electron chi connectivity index (χ0n) is 18.1. The number of aromatic hydroxyl groups is 1. The van der Waals surface area contributed by atoms with Crippen LogP contribution in [-0.2, 0) is 6.18 Å². The first-order chi connectivity index (χ1) is 15.5. The number of thioether (sulfide) groups is 1. The standard InChI is InChI=1S/C24H21F3N2O3S/c1-13-10-19(30)22(23(31)32-13)18-12-21(14-4-7-16(8-5-14)29(2)3)33-20-9-6-15(24(25,26)27)11-17(20)28-18/h4-11,21,30H,12H2,1-3H3. The van der Waals surface area contributed by atoms with Gasteiger partial charge in [0.2, 0.25) is 0 Å². The van der Waals surface area contributed by atoms with E-state index in [1.165, 1.54) is 30.8 Å². The molecule has 3 aromatic rings. The van der Waals surface area contributed by atoms with Crippen molar-refractivity contribution in [3.63, 3.8) is 0 Å². The molecule has 1 atom stereocenters. The van der Waals surface area contributed by atoms with Crippen molar-refractivity contribution in [3.8, 4) is 5.75 Å². The van der Waals surface area contributed by atoms with Crippen molar-refractivity contribution >= 4 is 28.8 Å². The van der Waals surface area contributed by atoms with Crippen molar-refractivity contribution in [2.75, 3.05) is 19.0 Å². The van der Waals surface area contributed by atoms with Gasteiger partial charge in [0.05, 0.1) is 17.0 Å². The van der Waals surface area contributed by atoms with Crippen LogP contribution >= 0.6 is 11.8 Å². The summed E-state index contributed by atoms with van der Waals surface area (Å²) < 4.78 is 45.1. The number of halogens is 3. The van der Waals surface area contributed by atoms with Gasteiger partial charge < -0.3 is 14.4 Å². The highest BCUT2D eigenvalue weighted by Gasteiger charge is 2.33. The molecule has 0 fully saturated rings. The molecule has 1 aliphatic rings. The Labute approximate surface area is 192 Å². The van der Waals surface area contributed by atoms with E-state index in [1.54, 1.807) is 0 Å². The van der Waals surface area contributed by atoms with Crippen LogP contribution in [0.5, 0.6) is 5.75 Å². The zero-order valence-corrected chi connectivity index (χ0v) is 18.9. The molecule has 0 saturated carbocycles. The molecule has 33 heavy (non-hydrogen) atoms. The minimum atomic E-state index is -4.53. The molecule has 172 valence electrons. The summed E-state index contributed by atoms with van der Waals surface area (Å²) >= 11 is 1.37. The van der Waals surface area contributed by atoms with Gasteiger partial charge in [-0.15, -0.1) is 11.8 Å². The fourth-order valence-electron chi connectivity index (χ4n) is 3.63. The molecular weight excluding hydrogens is 453 g/mol. The van der Waals surface area contributed by atoms with E-state index in [-0.39, 0.29) is 40.1 Å². The Bertz CT molecular complexity index is 1280. The highest BCUT2D eigenvalue weighted by atomic mass is 32.2. The fourth-order valence-corrected chi connectivity index (χ4v) is 4.85. The summed E-state index contributed by atoms with van der Waals surface area (Å²) in [5, 5.41) is 10.2. The summed E-state index contributed by atoms with van der Waals surface area (Å²) in [6, 6.07) is 12.5. The molecule has 1 unspecified atom stereocenters. The second-order valence-corrected chi connectivity index (χ2v) is 9.18. The first-order valence-electron chi connectivity index (χ1n) is 10.1. The van der Waals surface area contributed by atoms with Crippen molar-refractivity contribution in [3.05, 3.63) is 81.4 Å². The van der Waals surface area contributed by atoms with Crippen LogP contribution in [0.1, 0.15) is 34.1 Å². The summed E-state index contributed by atoms with van der Waals surface area (Å²) in [5.74, 6) is -0.0925. The molecule has 9 heteroatoms. The third-order valence-corrected chi connectivity index (χ3v) is 6.64. The highest BCUT2D eigenvalue weighted by molar-refractivity contribution is 7.99. The molecule has 0 aliphatic carbocycles. The third-order valence-electron chi connectivity index (χ3n) is 5.31. The first-order valence-corrected chi connectivity index (χ1v) is 11.0. The van der Waals surface area contributed by atoms with Gasteiger partial charge in [-0.3, -0.25) is 4.99 Å². The lowest BCUT2D eigenvalue weighted by Gasteiger charge is -2.18. The molecule has 2 aromatic carbocycles. The minimum Gasteiger partial charge on any atom is -0.507 e. The van der Waals surface area contributed by atoms with Crippen molar-refractivity contribution in [1.29, 1.82) is 0 Å². The van der Waals surface area contributed by atoms with E-state index in [2.05, 4.69) is 4.99 Å². The molecule has 1 N–H and O–H groups in total. The van der Waals surface area contributed by atoms with Crippen molar-refractivity contribution in [1.82, 2.24) is 0 Å². The van der Waals surface area contributed by atoms with E-state index in [0.29, 0.717) is 4.90 Å². The van der Waals surface area contributed by atoms with Crippen LogP contribution in [0.15, 0.2) is 67.6 Å². The molecule has 0 saturated heterocycles. The lowest BCUT2D eigenvalue weighted by atomic mass is 10.0. The Balaban J connectivity index is 1.87. The van der Waals surface area contributed by atoms with E-state index in [0.717, 1.165) is 23.4 Å². The van der Waals surface area contributed by atoms with Crippen LogP contribution in [0.2, 0.25) is 0 Å². The second kappa shape index (κ2) is 8.62. The maximum absolute atomic E-state index is 13.3. The van der Waals surface area contributed by atoms with Crippen LogP contribution in [0.3, 0.4) is 0 Å². The fraction of sp³-hybridized carbons (Fsp3) is 0.250. The Kier molecular flexibility index (Phi) is 6.00. The number of alkyl halides is 3. The van der Waals surface area contributed by atoms with Crippen LogP contribution < -0.4 is 10.5 Å². The number of benzene rings is 2. The Morgan fingerprint density at radius 3 is 2.42 bits per heavy atom. The maximum Gasteiger partial charge on any atom is 0.416 e. The molecule has 5 nitrogen and oxygen atoms in total. The Hall–Kier alpha value is -3.20. The summed E-state index contributed by atoms with van der Waals surface area (Å²) in [5.41, 5.74) is 0.430. The molecule has 0 spiro atoms. The second-order valence-electron chi connectivity index (χ2n) is 7.94. The Morgan fingerprint density at radius 2 is 1.82 bits per heavy atom. The van der Waals surface area contributed by atoms with Crippen LogP contribution in [0.25, 0.3) is 0 Å². The number of aliphatic imine (C=N–C) groups is 1. The van der Waals surface area contributed by atoms with Crippen LogP contribution in [0.4, 0.5) is 24.5 Å². The van der Waals surface area contributed by atoms with Crippen LogP contribution in [-0.4, -0.2) is 24.9 Å². The van der Waals surface area contributed by atoms with Gasteiger partial charge in [0.25, 0.3) is 0 Å². The van der Waals surface area contributed by atoms with Gasteiger partial charge in [-0.2, -0.15) is 13.2 Å². The van der Waals surface area contributed by atoms with E-state index < -0.39 is 17.4 Å². The summed E-state index contributed by atoms with van der Waals surface area (Å²) in [4.78, 5) is 19.5. The monoisotopic (exact) mass is 474 g/mol. The number of aryl methyl sites for hydroxylation is 1. The topological polar surface area (TPSA) is 66.0 Å². The Morgan fingerprint density at radius 1 is 1.12 bits per heavy atom. The smallest absolute Gasteiger partial charge is 0.416 e. The van der Waals surface area contributed by atoms with Gasteiger partial charge in [0, 0.05) is 42.4 Å². The largest absolute Gasteiger partial charge is 0.507 e. The third kappa shape index (κ3) is 4.78. The number of hydrogen-bond donors (Lipinski definition) is 1. The molecule has 2 heterocycles. The molecule has 4 rings (SSSR count). The predicted octanol–water partition coefficient (Wildman–Crippen LogP) is 6.10. The average molecular weight is 475 g/mol. The van der Waals surface area contributed by atoms with Gasteiger partial charge in [-0.25, -0.2) is 4.79 Å². The number of rotatable bonds is 3. The van der Waals surface area contributed by atoms with E-state index in [1.807, 2.05) is 43.3 Å². The molecule has 1 aromatic heterocycles. The lowest BCUT2D eigenvalue weighted by Crippen LogP contribution is -2.17. The van der Waals surface area contributed by atoms with Crippen LogP contribution in [0, 0.1) is 6.92 Å². The first kappa shape index (κ1) is 23.0. The number of nitrogens with zero attached hydrogens (tertiary/aromatic N) is 2. The van der Waals surface area contributed by atoms with Crippen molar-refractivity contribution in [2.45, 2.75) is 29.7 Å². The van der Waals surface area contributed by atoms with E-state index >= 15 is 0 Å². The highest BCUT2D eigenvalue weighted by Crippen LogP contribution is 2.47. The maximum atomic E-state index is 13.3. The zero-order chi connectivity index (χ0) is 23.9. The lowest BCUT2D eigenvalue weighted by molar-refractivity contribution is -0.137. The number of fused-ring (bicyclic) bond motifs is 1. The molecule has 0 bridgehead atoms. The molecule has 1 aliphatic heterocycles. The van der Waals surface area contributed by atoms with Crippen molar-refractivity contribution < 1.29 is 22.7 Å². The van der Waals surface area contributed by atoms with Gasteiger partial charge in [-0.05, 0) is 42.8 Å². The molecule has 0 amide bonds.